The fourth-order valence-electron chi connectivity index (χ4n) is 2.46. The summed E-state index contributed by atoms with van der Waals surface area (Å²) < 4.78 is 3.03. The number of aryl methyl sites for hydroxylation is 2. The van der Waals surface area contributed by atoms with Crippen LogP contribution in [0, 0.1) is 6.92 Å². The van der Waals surface area contributed by atoms with Gasteiger partial charge in [0.15, 0.2) is 0 Å². The van der Waals surface area contributed by atoms with Crippen LogP contribution in [0.25, 0.3) is 0 Å². The zero-order valence-corrected chi connectivity index (χ0v) is 13.9. The summed E-state index contributed by atoms with van der Waals surface area (Å²) in [6, 6.07) is 8.85. The van der Waals surface area contributed by atoms with Gasteiger partial charge in [0.05, 0.1) is 22.4 Å². The molecule has 108 valence electrons. The molecule has 2 rings (SSSR count). The average molecular weight is 336 g/mol. The van der Waals surface area contributed by atoms with Gasteiger partial charge >= 0.3 is 0 Å². The average Bonchev–Trinajstić information content (AvgIpc) is 2.76. The van der Waals surface area contributed by atoms with Gasteiger partial charge in [-0.3, -0.25) is 4.68 Å². The van der Waals surface area contributed by atoms with Crippen molar-refractivity contribution in [3.63, 3.8) is 0 Å². The number of nitrogens with zero attached hydrogens (tertiary/aromatic N) is 2. The van der Waals surface area contributed by atoms with E-state index in [4.69, 9.17) is 0 Å². The second-order valence-electron chi connectivity index (χ2n) is 5.14. The van der Waals surface area contributed by atoms with E-state index in [1.807, 2.05) is 17.9 Å². The Morgan fingerprint density at radius 1 is 1.35 bits per heavy atom. The monoisotopic (exact) mass is 335 g/mol. The fraction of sp³-hybridized carbons (Fsp3) is 0.438. The Bertz CT molecular complexity index is 543. The van der Waals surface area contributed by atoms with Crippen LogP contribution in [-0.4, -0.2) is 16.3 Å². The van der Waals surface area contributed by atoms with Crippen molar-refractivity contribution >= 4 is 15.9 Å². The van der Waals surface area contributed by atoms with Crippen LogP contribution in [0.4, 0.5) is 0 Å². The smallest absolute Gasteiger partial charge is 0.0695 e. The Kier molecular flexibility index (Phi) is 5.38. The van der Waals surface area contributed by atoms with E-state index >= 15 is 0 Å². The molecule has 2 aromatic rings. The van der Waals surface area contributed by atoms with Crippen LogP contribution >= 0.6 is 15.9 Å². The zero-order valence-electron chi connectivity index (χ0n) is 12.4. The molecule has 0 spiro atoms. The Hall–Kier alpha value is -1.13. The van der Waals surface area contributed by atoms with Crippen molar-refractivity contribution in [3.05, 3.63) is 51.8 Å². The molecule has 0 radical (unpaired) electrons. The molecule has 0 saturated carbocycles. The summed E-state index contributed by atoms with van der Waals surface area (Å²) in [5, 5.41) is 7.98. The van der Waals surface area contributed by atoms with Gasteiger partial charge in [0, 0.05) is 7.05 Å². The Labute approximate surface area is 129 Å². The Morgan fingerprint density at radius 2 is 2.10 bits per heavy atom. The zero-order chi connectivity index (χ0) is 14.5. The quantitative estimate of drug-likeness (QED) is 0.870. The molecule has 1 N–H and O–H groups in total. The van der Waals surface area contributed by atoms with E-state index in [1.165, 1.54) is 16.8 Å². The molecule has 0 fully saturated rings. The predicted octanol–water partition coefficient (Wildman–Crippen LogP) is 3.77. The maximum Gasteiger partial charge on any atom is 0.0695 e. The first kappa shape index (κ1) is 15.3. The summed E-state index contributed by atoms with van der Waals surface area (Å²) in [4.78, 5) is 0. The van der Waals surface area contributed by atoms with E-state index in [1.54, 1.807) is 0 Å². The third-order valence-electron chi connectivity index (χ3n) is 3.59. The highest BCUT2D eigenvalue weighted by atomic mass is 79.9. The number of nitrogens with one attached hydrogen (secondary N) is 1. The summed E-state index contributed by atoms with van der Waals surface area (Å²) in [6.07, 6.45) is 3.97. The van der Waals surface area contributed by atoms with Crippen LogP contribution in [0.15, 0.2) is 34.9 Å². The van der Waals surface area contributed by atoms with Gasteiger partial charge in [-0.1, -0.05) is 31.2 Å². The molecule has 1 unspecified atom stereocenters. The van der Waals surface area contributed by atoms with E-state index in [2.05, 4.69) is 64.5 Å². The molecular weight excluding hydrogens is 314 g/mol. The topological polar surface area (TPSA) is 29.9 Å². The van der Waals surface area contributed by atoms with Gasteiger partial charge in [-0.2, -0.15) is 5.10 Å². The molecule has 1 aromatic heterocycles. The summed E-state index contributed by atoms with van der Waals surface area (Å²) in [5.74, 6) is 0. The number of hydrogen-bond donors (Lipinski definition) is 1. The third kappa shape index (κ3) is 3.49. The molecule has 0 saturated heterocycles. The van der Waals surface area contributed by atoms with E-state index in [0.29, 0.717) is 0 Å². The fourth-order valence-corrected chi connectivity index (χ4v) is 3.08. The number of aromatic nitrogens is 2. The van der Waals surface area contributed by atoms with Gasteiger partial charge in [0.25, 0.3) is 0 Å². The normalized spacial score (nSPS) is 12.6. The highest BCUT2D eigenvalue weighted by Crippen LogP contribution is 2.26. The highest BCUT2D eigenvalue weighted by molar-refractivity contribution is 9.10. The molecular formula is C16H22BrN3. The maximum atomic E-state index is 4.34. The number of halogens is 1. The molecule has 20 heavy (non-hydrogen) atoms. The van der Waals surface area contributed by atoms with Crippen LogP contribution < -0.4 is 5.32 Å². The summed E-state index contributed by atoms with van der Waals surface area (Å²) in [6.45, 7) is 5.37. The molecule has 1 aromatic carbocycles. The van der Waals surface area contributed by atoms with Crippen LogP contribution in [0.5, 0.6) is 0 Å². The van der Waals surface area contributed by atoms with Crippen molar-refractivity contribution in [1.29, 1.82) is 0 Å². The van der Waals surface area contributed by atoms with Gasteiger partial charge in [0.1, 0.15) is 0 Å². The summed E-state index contributed by atoms with van der Waals surface area (Å²) in [5.41, 5.74) is 3.94. The first-order valence-electron chi connectivity index (χ1n) is 7.08. The SMILES string of the molecule is CCCNC(Cc1ccccc1C)c1c(Br)cnn1C. The van der Waals surface area contributed by atoms with Gasteiger partial charge < -0.3 is 5.32 Å². The van der Waals surface area contributed by atoms with Gasteiger partial charge in [-0.25, -0.2) is 0 Å². The minimum atomic E-state index is 0.276. The standard InChI is InChI=1S/C16H22BrN3/c1-4-9-18-15(16-14(17)11-19-20(16)3)10-13-8-6-5-7-12(13)2/h5-8,11,15,18H,4,9-10H2,1-3H3. The van der Waals surface area contributed by atoms with Crippen molar-refractivity contribution in [2.75, 3.05) is 6.54 Å². The highest BCUT2D eigenvalue weighted by Gasteiger charge is 2.19. The van der Waals surface area contributed by atoms with Crippen molar-refractivity contribution in [2.45, 2.75) is 32.7 Å². The number of hydrogen-bond acceptors (Lipinski definition) is 2. The Morgan fingerprint density at radius 3 is 2.70 bits per heavy atom. The van der Waals surface area contributed by atoms with Crippen LogP contribution in [0.2, 0.25) is 0 Å². The van der Waals surface area contributed by atoms with E-state index in [9.17, 15) is 0 Å². The van der Waals surface area contributed by atoms with Gasteiger partial charge in [0.2, 0.25) is 0 Å². The molecule has 1 heterocycles. The van der Waals surface area contributed by atoms with Crippen molar-refractivity contribution in [2.24, 2.45) is 7.05 Å². The van der Waals surface area contributed by atoms with Crippen molar-refractivity contribution < 1.29 is 0 Å². The van der Waals surface area contributed by atoms with E-state index in [0.717, 1.165) is 23.9 Å². The molecule has 1 atom stereocenters. The molecule has 0 aliphatic carbocycles. The summed E-state index contributed by atoms with van der Waals surface area (Å²) >= 11 is 3.62. The third-order valence-corrected chi connectivity index (χ3v) is 4.20. The van der Waals surface area contributed by atoms with Gasteiger partial charge in [-0.05, 0) is 53.4 Å². The Balaban J connectivity index is 2.27. The van der Waals surface area contributed by atoms with Crippen LogP contribution in [0.1, 0.15) is 36.2 Å². The molecule has 0 aliphatic heterocycles. The lowest BCUT2D eigenvalue weighted by Crippen LogP contribution is -2.26. The van der Waals surface area contributed by atoms with Crippen molar-refractivity contribution in [3.8, 4) is 0 Å². The van der Waals surface area contributed by atoms with Crippen LogP contribution in [-0.2, 0) is 13.5 Å². The van der Waals surface area contributed by atoms with E-state index in [-0.39, 0.29) is 6.04 Å². The first-order chi connectivity index (χ1) is 9.63. The second-order valence-corrected chi connectivity index (χ2v) is 5.99. The number of rotatable bonds is 6. The minimum Gasteiger partial charge on any atom is -0.308 e. The molecule has 0 bridgehead atoms. The molecule has 0 amide bonds. The molecule has 3 nitrogen and oxygen atoms in total. The van der Waals surface area contributed by atoms with Gasteiger partial charge in [-0.15, -0.1) is 0 Å². The minimum absolute atomic E-state index is 0.276. The molecule has 0 aliphatic rings. The lowest BCUT2D eigenvalue weighted by molar-refractivity contribution is 0.491. The number of benzene rings is 1. The maximum absolute atomic E-state index is 4.34. The predicted molar refractivity (Wildman–Crippen MR) is 86.8 cm³/mol. The lowest BCUT2D eigenvalue weighted by Gasteiger charge is -2.20. The summed E-state index contributed by atoms with van der Waals surface area (Å²) in [7, 11) is 2.00. The first-order valence-corrected chi connectivity index (χ1v) is 7.88. The van der Waals surface area contributed by atoms with Crippen molar-refractivity contribution in [1.82, 2.24) is 15.1 Å². The molecule has 4 heteroatoms. The van der Waals surface area contributed by atoms with Crippen LogP contribution in [0.3, 0.4) is 0 Å². The van der Waals surface area contributed by atoms with E-state index < -0.39 is 0 Å². The largest absolute Gasteiger partial charge is 0.308 e. The second kappa shape index (κ2) is 7.04. The lowest BCUT2D eigenvalue weighted by atomic mass is 9.99.